The first kappa shape index (κ1) is 20.6. The molecular formula is C24H28N4O4. The van der Waals surface area contributed by atoms with Crippen molar-refractivity contribution in [3.05, 3.63) is 30.5 Å². The van der Waals surface area contributed by atoms with Crippen LogP contribution in [0.15, 0.2) is 30.5 Å². The van der Waals surface area contributed by atoms with Crippen LogP contribution in [0.5, 0.6) is 17.5 Å². The molecule has 1 amide bonds. The molecule has 1 aliphatic heterocycles. The Morgan fingerprint density at radius 1 is 1.25 bits per heavy atom. The molecule has 2 aliphatic rings. The number of fused-ring (bicyclic) bond motifs is 1. The van der Waals surface area contributed by atoms with Gasteiger partial charge in [-0.1, -0.05) is 0 Å². The van der Waals surface area contributed by atoms with Crippen molar-refractivity contribution in [1.29, 1.82) is 0 Å². The third-order valence-corrected chi connectivity index (χ3v) is 6.18. The molecule has 8 heteroatoms. The van der Waals surface area contributed by atoms with E-state index in [1.54, 1.807) is 7.11 Å². The van der Waals surface area contributed by atoms with E-state index in [-0.39, 0.29) is 17.9 Å². The molecule has 1 aliphatic carbocycles. The Bertz CT molecular complexity index is 1150. The number of rotatable bonds is 8. The van der Waals surface area contributed by atoms with Crippen LogP contribution in [0.25, 0.3) is 22.3 Å². The largest absolute Gasteiger partial charge is 0.493 e. The van der Waals surface area contributed by atoms with Crippen LogP contribution in [0.1, 0.15) is 39.2 Å². The third kappa shape index (κ3) is 3.85. The molecule has 0 radical (unpaired) electrons. The van der Waals surface area contributed by atoms with Crippen molar-refractivity contribution < 1.29 is 19.0 Å². The first-order valence-electron chi connectivity index (χ1n) is 11.2. The maximum absolute atomic E-state index is 11.6. The summed E-state index contributed by atoms with van der Waals surface area (Å²) < 4.78 is 19.6. The second kappa shape index (κ2) is 8.33. The van der Waals surface area contributed by atoms with Gasteiger partial charge in [-0.15, -0.1) is 0 Å². The highest BCUT2D eigenvalue weighted by Crippen LogP contribution is 2.42. The van der Waals surface area contributed by atoms with E-state index in [4.69, 9.17) is 24.2 Å². The highest BCUT2D eigenvalue weighted by atomic mass is 16.5. The number of carbonyl (C=O) groups is 1. The minimum Gasteiger partial charge on any atom is -0.493 e. The van der Waals surface area contributed by atoms with Crippen molar-refractivity contribution in [2.24, 2.45) is 5.92 Å². The fraction of sp³-hybridized carbons (Fsp3) is 0.458. The predicted octanol–water partition coefficient (Wildman–Crippen LogP) is 3.74. The fourth-order valence-corrected chi connectivity index (χ4v) is 4.23. The summed E-state index contributed by atoms with van der Waals surface area (Å²) in [5, 5.41) is 2.88. The van der Waals surface area contributed by atoms with Gasteiger partial charge in [-0.2, -0.15) is 4.98 Å². The van der Waals surface area contributed by atoms with E-state index >= 15 is 0 Å². The summed E-state index contributed by atoms with van der Waals surface area (Å²) in [7, 11) is 1.63. The summed E-state index contributed by atoms with van der Waals surface area (Å²) >= 11 is 0. The van der Waals surface area contributed by atoms with Crippen LogP contribution < -0.4 is 19.5 Å². The number of aromatic nitrogens is 3. The summed E-state index contributed by atoms with van der Waals surface area (Å²) in [5.74, 6) is 1.62. The van der Waals surface area contributed by atoms with Crippen LogP contribution >= 0.6 is 0 Å². The van der Waals surface area contributed by atoms with Gasteiger partial charge < -0.3 is 19.5 Å². The number of nitrogens with one attached hydrogen (secondary N) is 1. The normalized spacial score (nSPS) is 19.1. The molecule has 8 nitrogen and oxygen atoms in total. The molecule has 1 saturated heterocycles. The number of amides is 1. The summed E-state index contributed by atoms with van der Waals surface area (Å²) in [5.41, 5.74) is 3.56. The highest BCUT2D eigenvalue weighted by Gasteiger charge is 2.33. The van der Waals surface area contributed by atoms with Gasteiger partial charge in [0.15, 0.2) is 11.5 Å². The lowest BCUT2D eigenvalue weighted by molar-refractivity contribution is -0.119. The van der Waals surface area contributed by atoms with Crippen molar-refractivity contribution in [1.82, 2.24) is 19.9 Å². The lowest BCUT2D eigenvalue weighted by Gasteiger charge is -2.19. The summed E-state index contributed by atoms with van der Waals surface area (Å²) in [6.07, 6.45) is 4.48. The fourth-order valence-electron chi connectivity index (χ4n) is 4.23. The molecule has 2 fully saturated rings. The lowest BCUT2D eigenvalue weighted by atomic mass is 10.0. The Balaban J connectivity index is 1.48. The van der Waals surface area contributed by atoms with Gasteiger partial charge in [0.05, 0.1) is 36.6 Å². The van der Waals surface area contributed by atoms with Crippen LogP contribution in [-0.4, -0.2) is 46.8 Å². The zero-order valence-electron chi connectivity index (χ0n) is 18.6. The Labute approximate surface area is 186 Å². The van der Waals surface area contributed by atoms with Gasteiger partial charge in [0.1, 0.15) is 6.10 Å². The zero-order chi connectivity index (χ0) is 22.2. The van der Waals surface area contributed by atoms with Gasteiger partial charge in [-0.05, 0) is 51.0 Å². The Morgan fingerprint density at radius 2 is 2.09 bits per heavy atom. The Kier molecular flexibility index (Phi) is 5.36. The molecule has 3 aromatic rings. The smallest absolute Gasteiger partial charge is 0.297 e. The van der Waals surface area contributed by atoms with E-state index in [0.717, 1.165) is 35.1 Å². The number of hydrogen-bond acceptors (Lipinski definition) is 6. The summed E-state index contributed by atoms with van der Waals surface area (Å²) in [4.78, 5) is 21.1. The first-order valence-corrected chi connectivity index (χ1v) is 11.2. The number of benzene rings is 1. The molecule has 1 saturated carbocycles. The van der Waals surface area contributed by atoms with Gasteiger partial charge in [-0.3, -0.25) is 14.3 Å². The SMILES string of the molecule is CCOc1cc(-c2cc3nc(O[C@H](C)[C@H]4CNC(=O)C4)n(C4CC4)c3cn2)ccc1OC. The van der Waals surface area contributed by atoms with Crippen LogP contribution in [0.3, 0.4) is 0 Å². The topological polar surface area (TPSA) is 87.5 Å². The van der Waals surface area contributed by atoms with E-state index in [0.29, 0.717) is 43.1 Å². The average Bonchev–Trinajstić information content (AvgIpc) is 3.43. The van der Waals surface area contributed by atoms with Gasteiger partial charge in [-0.25, -0.2) is 0 Å². The molecule has 1 aromatic carbocycles. The Hall–Kier alpha value is -3.29. The standard InChI is InChI=1S/C24H28N4O4/c1-4-31-22-9-15(5-8-21(22)30-3)18-11-19-20(13-25-18)28(17-6-7-17)24(27-19)32-14(2)16-10-23(29)26-12-16/h5,8-9,11,13-14,16-17H,4,6-7,10,12H2,1-3H3,(H,26,29)/t14-,16-/m1/s1. The second-order valence-corrected chi connectivity index (χ2v) is 8.44. The van der Waals surface area contributed by atoms with Crippen molar-refractivity contribution in [3.63, 3.8) is 0 Å². The van der Waals surface area contributed by atoms with E-state index < -0.39 is 0 Å². The van der Waals surface area contributed by atoms with Crippen molar-refractivity contribution in [2.75, 3.05) is 20.3 Å². The maximum Gasteiger partial charge on any atom is 0.297 e. The molecule has 2 aromatic heterocycles. The lowest BCUT2D eigenvalue weighted by Crippen LogP contribution is -2.26. The van der Waals surface area contributed by atoms with Crippen LogP contribution in [0, 0.1) is 5.92 Å². The molecule has 0 bridgehead atoms. The van der Waals surface area contributed by atoms with Crippen LogP contribution in [0.2, 0.25) is 0 Å². The molecule has 32 heavy (non-hydrogen) atoms. The molecule has 0 spiro atoms. The number of carbonyl (C=O) groups excluding carboxylic acids is 1. The summed E-state index contributed by atoms with van der Waals surface area (Å²) in [6.45, 7) is 5.16. The predicted molar refractivity (Wildman–Crippen MR) is 120 cm³/mol. The van der Waals surface area contributed by atoms with Gasteiger partial charge in [0.2, 0.25) is 5.91 Å². The number of imidazole rings is 1. The molecule has 5 rings (SSSR count). The highest BCUT2D eigenvalue weighted by molar-refractivity contribution is 5.81. The van der Waals surface area contributed by atoms with E-state index in [9.17, 15) is 4.79 Å². The van der Waals surface area contributed by atoms with Crippen molar-refractivity contribution in [2.45, 2.75) is 45.3 Å². The zero-order valence-corrected chi connectivity index (χ0v) is 18.6. The van der Waals surface area contributed by atoms with Gasteiger partial charge in [0.25, 0.3) is 6.01 Å². The Morgan fingerprint density at radius 3 is 2.78 bits per heavy atom. The number of pyridine rings is 1. The molecule has 0 unspecified atom stereocenters. The summed E-state index contributed by atoms with van der Waals surface area (Å²) in [6, 6.07) is 8.79. The van der Waals surface area contributed by atoms with Crippen molar-refractivity contribution >= 4 is 16.9 Å². The average molecular weight is 437 g/mol. The maximum atomic E-state index is 11.6. The van der Waals surface area contributed by atoms with Crippen LogP contribution in [0.4, 0.5) is 0 Å². The molecule has 1 N–H and O–H groups in total. The van der Waals surface area contributed by atoms with Crippen molar-refractivity contribution in [3.8, 4) is 28.8 Å². The third-order valence-electron chi connectivity index (χ3n) is 6.18. The van der Waals surface area contributed by atoms with Gasteiger partial charge in [0, 0.05) is 30.5 Å². The second-order valence-electron chi connectivity index (χ2n) is 8.44. The first-order chi connectivity index (χ1) is 15.6. The van der Waals surface area contributed by atoms with E-state index in [1.165, 1.54) is 0 Å². The van der Waals surface area contributed by atoms with E-state index in [1.807, 2.05) is 44.3 Å². The number of methoxy groups -OCH3 is 1. The molecule has 2 atom stereocenters. The number of ether oxygens (including phenoxy) is 3. The minimum absolute atomic E-state index is 0.0842. The molecule has 3 heterocycles. The quantitative estimate of drug-likeness (QED) is 0.579. The minimum atomic E-state index is -0.106. The van der Waals surface area contributed by atoms with E-state index in [2.05, 4.69) is 9.88 Å². The van der Waals surface area contributed by atoms with Crippen LogP contribution in [-0.2, 0) is 4.79 Å². The molecular weight excluding hydrogens is 408 g/mol. The van der Waals surface area contributed by atoms with Gasteiger partial charge >= 0.3 is 0 Å². The molecule has 168 valence electrons. The number of hydrogen-bond donors (Lipinski definition) is 1. The monoisotopic (exact) mass is 436 g/mol. The number of nitrogens with zero attached hydrogens (tertiary/aromatic N) is 3.